The summed E-state index contributed by atoms with van der Waals surface area (Å²) in [6.07, 6.45) is 5.79. The topological polar surface area (TPSA) is 77.4 Å². The largest absolute Gasteiger partial charge is 0.471 e. The monoisotopic (exact) mass is 304 g/mol. The molecule has 0 aliphatic carbocycles. The fourth-order valence-electron chi connectivity index (χ4n) is 2.33. The van der Waals surface area contributed by atoms with E-state index in [2.05, 4.69) is 0 Å². The summed E-state index contributed by atoms with van der Waals surface area (Å²) in [5.41, 5.74) is -0.203. The van der Waals surface area contributed by atoms with Crippen LogP contribution in [0.25, 0.3) is 0 Å². The molecule has 0 saturated carbocycles. The van der Waals surface area contributed by atoms with Crippen molar-refractivity contribution in [2.24, 2.45) is 5.41 Å². The highest BCUT2D eigenvalue weighted by atomic mass is 16.7. The zero-order valence-corrected chi connectivity index (χ0v) is 12.9. The molecule has 2 aliphatic heterocycles. The summed E-state index contributed by atoms with van der Waals surface area (Å²) in [6.45, 7) is 5.08. The number of aliphatic hydroxyl groups excluding tert-OH is 2. The van der Waals surface area contributed by atoms with Gasteiger partial charge in [0.15, 0.2) is 6.79 Å². The van der Waals surface area contributed by atoms with E-state index in [9.17, 15) is 0 Å². The first-order chi connectivity index (χ1) is 10.3. The second-order valence-corrected chi connectivity index (χ2v) is 5.22. The molecule has 6 nitrogen and oxygen atoms in total. The minimum atomic E-state index is -0.203. The van der Waals surface area contributed by atoms with Crippen LogP contribution in [0.2, 0.25) is 0 Å². The molecule has 124 valence electrons. The van der Waals surface area contributed by atoms with Gasteiger partial charge in [0.25, 0.3) is 0 Å². The van der Waals surface area contributed by atoms with Gasteiger partial charge in [0, 0.05) is 13.2 Å². The maximum Gasteiger partial charge on any atom is 0.188 e. The summed E-state index contributed by atoms with van der Waals surface area (Å²) in [5, 5.41) is 16.6. The van der Waals surface area contributed by atoms with Crippen LogP contribution in [0.15, 0.2) is 11.8 Å². The van der Waals surface area contributed by atoms with E-state index in [0.29, 0.717) is 33.4 Å². The highest BCUT2D eigenvalue weighted by Crippen LogP contribution is 2.34. The number of hydrogen-bond donors (Lipinski definition) is 2. The quantitative estimate of drug-likeness (QED) is 0.748. The predicted molar refractivity (Wildman–Crippen MR) is 77.5 cm³/mol. The lowest BCUT2D eigenvalue weighted by molar-refractivity contribution is -0.217. The van der Waals surface area contributed by atoms with Gasteiger partial charge in [0.2, 0.25) is 0 Å². The maximum atomic E-state index is 8.30. The number of aliphatic hydroxyl groups is 2. The van der Waals surface area contributed by atoms with Crippen molar-refractivity contribution in [2.75, 3.05) is 46.6 Å². The molecular weight excluding hydrogens is 276 g/mol. The molecule has 2 heterocycles. The van der Waals surface area contributed by atoms with Crippen molar-refractivity contribution >= 4 is 0 Å². The standard InChI is InChI=1S/C9H14O4.C6H14O2/c1-2-8-9(5-12-7-13-8)3-10-6-11-4-9;7-5-3-1-2-4-6-8/h2H,3-7H2,1H3;7-8H,1-6H2. The number of hydrogen-bond acceptors (Lipinski definition) is 6. The van der Waals surface area contributed by atoms with Crippen molar-refractivity contribution < 1.29 is 29.2 Å². The molecule has 6 heteroatoms. The van der Waals surface area contributed by atoms with Crippen LogP contribution in [0.5, 0.6) is 0 Å². The second kappa shape index (κ2) is 11.0. The Bertz CT molecular complexity index is 272. The van der Waals surface area contributed by atoms with E-state index in [-0.39, 0.29) is 18.6 Å². The molecule has 1 spiro atoms. The predicted octanol–water partition coefficient (Wildman–Crippen LogP) is 1.42. The van der Waals surface area contributed by atoms with E-state index in [1.54, 1.807) is 0 Å². The molecule has 0 bridgehead atoms. The number of unbranched alkanes of at least 4 members (excludes halogenated alkanes) is 3. The van der Waals surface area contributed by atoms with E-state index in [1.165, 1.54) is 0 Å². The molecule has 2 fully saturated rings. The summed E-state index contributed by atoms with van der Waals surface area (Å²) < 4.78 is 21.2. The van der Waals surface area contributed by atoms with Crippen LogP contribution >= 0.6 is 0 Å². The van der Waals surface area contributed by atoms with Crippen molar-refractivity contribution in [3.05, 3.63) is 11.8 Å². The average Bonchev–Trinajstić information content (AvgIpc) is 2.54. The molecule has 0 aromatic heterocycles. The Kier molecular flexibility index (Phi) is 9.62. The Morgan fingerprint density at radius 2 is 1.43 bits per heavy atom. The van der Waals surface area contributed by atoms with Gasteiger partial charge in [-0.1, -0.05) is 12.8 Å². The van der Waals surface area contributed by atoms with E-state index < -0.39 is 0 Å². The van der Waals surface area contributed by atoms with E-state index in [1.807, 2.05) is 13.0 Å². The third-order valence-electron chi connectivity index (χ3n) is 3.45. The van der Waals surface area contributed by atoms with E-state index >= 15 is 0 Å². The highest BCUT2D eigenvalue weighted by Gasteiger charge is 2.41. The van der Waals surface area contributed by atoms with Gasteiger partial charge in [-0.2, -0.15) is 0 Å². The van der Waals surface area contributed by atoms with Crippen molar-refractivity contribution in [1.82, 2.24) is 0 Å². The Morgan fingerprint density at radius 1 is 0.905 bits per heavy atom. The number of allylic oxidation sites excluding steroid dienone is 1. The van der Waals surface area contributed by atoms with Crippen LogP contribution in [0, 0.1) is 5.41 Å². The molecule has 0 atom stereocenters. The first-order valence-corrected chi connectivity index (χ1v) is 7.53. The third kappa shape index (κ3) is 6.32. The average molecular weight is 304 g/mol. The summed E-state index contributed by atoms with van der Waals surface area (Å²) in [6, 6.07) is 0. The first-order valence-electron chi connectivity index (χ1n) is 7.53. The van der Waals surface area contributed by atoms with Gasteiger partial charge in [-0.15, -0.1) is 0 Å². The van der Waals surface area contributed by atoms with Gasteiger partial charge in [-0.05, 0) is 25.8 Å². The Balaban J connectivity index is 0.000000240. The normalized spacial score (nSPS) is 22.5. The summed E-state index contributed by atoms with van der Waals surface area (Å²) >= 11 is 0. The fraction of sp³-hybridized carbons (Fsp3) is 0.867. The summed E-state index contributed by atoms with van der Waals surface area (Å²) in [5.74, 6) is 0.929. The lowest BCUT2D eigenvalue weighted by Crippen LogP contribution is -2.46. The molecule has 0 unspecified atom stereocenters. The molecule has 0 aromatic carbocycles. The Hall–Kier alpha value is -0.660. The minimum absolute atomic E-state index is 0.203. The van der Waals surface area contributed by atoms with Crippen LogP contribution in [0.1, 0.15) is 32.6 Å². The molecule has 2 N–H and O–H groups in total. The number of ether oxygens (including phenoxy) is 4. The van der Waals surface area contributed by atoms with E-state index in [0.717, 1.165) is 31.4 Å². The second-order valence-electron chi connectivity index (χ2n) is 5.22. The van der Waals surface area contributed by atoms with Crippen LogP contribution in [-0.2, 0) is 18.9 Å². The van der Waals surface area contributed by atoms with Gasteiger partial charge >= 0.3 is 0 Å². The molecule has 2 aliphatic rings. The Morgan fingerprint density at radius 3 is 1.90 bits per heavy atom. The molecule has 0 amide bonds. The highest BCUT2D eigenvalue weighted by molar-refractivity contribution is 5.10. The van der Waals surface area contributed by atoms with Crippen LogP contribution in [0.4, 0.5) is 0 Å². The van der Waals surface area contributed by atoms with Crippen molar-refractivity contribution in [3.63, 3.8) is 0 Å². The van der Waals surface area contributed by atoms with Crippen LogP contribution in [0.3, 0.4) is 0 Å². The molecule has 2 saturated heterocycles. The van der Waals surface area contributed by atoms with Crippen molar-refractivity contribution in [2.45, 2.75) is 32.6 Å². The zero-order chi connectivity index (χ0) is 15.4. The summed E-state index contributed by atoms with van der Waals surface area (Å²) in [7, 11) is 0. The van der Waals surface area contributed by atoms with Gasteiger partial charge in [-0.25, -0.2) is 0 Å². The SMILES string of the molecule is CC=C1OCOCC12COCOC2.OCCCCCCO. The lowest BCUT2D eigenvalue weighted by atomic mass is 9.87. The third-order valence-corrected chi connectivity index (χ3v) is 3.45. The molecular formula is C15H28O6. The van der Waals surface area contributed by atoms with E-state index in [4.69, 9.17) is 29.2 Å². The van der Waals surface area contributed by atoms with Crippen LogP contribution < -0.4 is 0 Å². The zero-order valence-electron chi connectivity index (χ0n) is 12.9. The smallest absolute Gasteiger partial charge is 0.188 e. The summed E-state index contributed by atoms with van der Waals surface area (Å²) in [4.78, 5) is 0. The minimum Gasteiger partial charge on any atom is -0.471 e. The molecule has 0 aromatic rings. The molecule has 2 rings (SSSR count). The molecule has 21 heavy (non-hydrogen) atoms. The molecule has 0 radical (unpaired) electrons. The van der Waals surface area contributed by atoms with Gasteiger partial charge in [0.05, 0.1) is 25.2 Å². The Labute approximate surface area is 126 Å². The first kappa shape index (κ1) is 18.4. The lowest BCUT2D eigenvalue weighted by Gasteiger charge is -2.40. The van der Waals surface area contributed by atoms with Crippen molar-refractivity contribution in [3.8, 4) is 0 Å². The van der Waals surface area contributed by atoms with Gasteiger partial charge < -0.3 is 29.2 Å². The van der Waals surface area contributed by atoms with Crippen molar-refractivity contribution in [1.29, 1.82) is 0 Å². The maximum absolute atomic E-state index is 8.30. The number of rotatable bonds is 5. The van der Waals surface area contributed by atoms with Crippen LogP contribution in [-0.4, -0.2) is 56.8 Å². The van der Waals surface area contributed by atoms with Gasteiger partial charge in [0.1, 0.15) is 12.6 Å². The van der Waals surface area contributed by atoms with Gasteiger partial charge in [-0.3, -0.25) is 0 Å². The fourth-order valence-corrected chi connectivity index (χ4v) is 2.33.